The second-order valence-corrected chi connectivity index (χ2v) is 5.26. The Morgan fingerprint density at radius 1 is 1.33 bits per heavy atom. The smallest absolute Gasteiger partial charge is 0.326 e. The van der Waals surface area contributed by atoms with E-state index in [9.17, 15) is 4.79 Å². The first-order valence-corrected chi connectivity index (χ1v) is 6.52. The fourth-order valence-electron chi connectivity index (χ4n) is 3.08. The van der Waals surface area contributed by atoms with Crippen LogP contribution in [-0.4, -0.2) is 32.6 Å². The van der Waals surface area contributed by atoms with Crippen molar-refractivity contribution in [3.05, 3.63) is 28.9 Å². The van der Waals surface area contributed by atoms with Gasteiger partial charge in [0.05, 0.1) is 23.3 Å². The van der Waals surface area contributed by atoms with Crippen LogP contribution >= 0.6 is 24.8 Å². The van der Waals surface area contributed by atoms with Gasteiger partial charge in [-0.3, -0.25) is 4.57 Å². The summed E-state index contributed by atoms with van der Waals surface area (Å²) in [6.07, 6.45) is 3.58. The van der Waals surface area contributed by atoms with E-state index in [1.54, 1.807) is 6.20 Å². The molecule has 0 aliphatic carbocycles. The Hall–Kier alpha value is -1.50. The Labute approximate surface area is 133 Å². The first kappa shape index (κ1) is 15.9. The number of nitrogens with zero attached hydrogens (tertiary/aromatic N) is 2. The molecule has 6 nitrogen and oxygen atoms in total. The number of aromatic nitrogens is 4. The summed E-state index contributed by atoms with van der Waals surface area (Å²) in [6, 6.07) is 2.17. The molecule has 3 aromatic heterocycles. The molecule has 1 saturated heterocycles. The highest BCUT2D eigenvalue weighted by molar-refractivity contribution is 6.00. The third-order valence-electron chi connectivity index (χ3n) is 4.07. The summed E-state index contributed by atoms with van der Waals surface area (Å²) in [5, 5.41) is 4.34. The topological polar surface area (TPSA) is 78.5 Å². The standard InChI is InChI=1S/C13H15N5O.2ClH/c1-7-4-14-6-10(7)18-11-8-2-3-15-12(8)16-5-9(11)17-13(18)19;;/h2-3,5,7,10,14H,4,6H2,1H3,(H,15,16)(H,17,19);2*1H/t7-,10-;;/m1../s1. The Balaban J connectivity index is 0.000000807. The van der Waals surface area contributed by atoms with Crippen LogP contribution in [0.2, 0.25) is 0 Å². The van der Waals surface area contributed by atoms with Crippen LogP contribution in [0.3, 0.4) is 0 Å². The van der Waals surface area contributed by atoms with Crippen molar-refractivity contribution >= 4 is 46.9 Å². The SMILES string of the molecule is C[C@@H]1CNC[C@H]1n1c(=O)[nH]c2cnc3[nH]ccc3c21.Cl.Cl. The van der Waals surface area contributed by atoms with E-state index in [4.69, 9.17) is 0 Å². The second-order valence-electron chi connectivity index (χ2n) is 5.26. The predicted octanol–water partition coefficient (Wildman–Crippen LogP) is 1.83. The van der Waals surface area contributed by atoms with Crippen LogP contribution in [0, 0.1) is 5.92 Å². The number of pyridine rings is 1. The molecule has 1 fully saturated rings. The minimum atomic E-state index is -0.0500. The zero-order valence-electron chi connectivity index (χ0n) is 11.4. The van der Waals surface area contributed by atoms with E-state index in [0.29, 0.717) is 5.92 Å². The van der Waals surface area contributed by atoms with Gasteiger partial charge >= 0.3 is 5.69 Å². The molecule has 0 aromatic carbocycles. The Kier molecular flexibility index (Phi) is 4.32. The maximum Gasteiger partial charge on any atom is 0.326 e. The maximum absolute atomic E-state index is 12.3. The van der Waals surface area contributed by atoms with Crippen molar-refractivity contribution in [2.24, 2.45) is 5.92 Å². The fraction of sp³-hybridized carbons (Fsp3) is 0.385. The summed E-state index contributed by atoms with van der Waals surface area (Å²) < 4.78 is 1.89. The van der Waals surface area contributed by atoms with E-state index >= 15 is 0 Å². The fourth-order valence-corrected chi connectivity index (χ4v) is 3.08. The van der Waals surface area contributed by atoms with Gasteiger partial charge in [-0.05, 0) is 18.5 Å². The maximum atomic E-state index is 12.3. The number of H-pyrrole nitrogens is 2. The average Bonchev–Trinajstić information content (AvgIpc) is 3.05. The first-order valence-electron chi connectivity index (χ1n) is 6.52. The van der Waals surface area contributed by atoms with Gasteiger partial charge in [-0.2, -0.15) is 0 Å². The van der Waals surface area contributed by atoms with Crippen LogP contribution in [-0.2, 0) is 0 Å². The predicted molar refractivity (Wildman–Crippen MR) is 87.8 cm³/mol. The molecule has 0 amide bonds. The lowest BCUT2D eigenvalue weighted by atomic mass is 10.1. The van der Waals surface area contributed by atoms with Crippen molar-refractivity contribution in [2.75, 3.05) is 13.1 Å². The van der Waals surface area contributed by atoms with Gasteiger partial charge < -0.3 is 15.3 Å². The van der Waals surface area contributed by atoms with Crippen LogP contribution in [0.5, 0.6) is 0 Å². The van der Waals surface area contributed by atoms with E-state index in [1.165, 1.54) is 0 Å². The molecule has 1 aliphatic heterocycles. The lowest BCUT2D eigenvalue weighted by Crippen LogP contribution is -2.26. The van der Waals surface area contributed by atoms with Gasteiger partial charge in [0.2, 0.25) is 0 Å². The summed E-state index contributed by atoms with van der Waals surface area (Å²) in [7, 11) is 0. The Bertz CT molecular complexity index is 821. The van der Waals surface area contributed by atoms with Crippen LogP contribution in [0.4, 0.5) is 0 Å². The van der Waals surface area contributed by atoms with Gasteiger partial charge in [0.15, 0.2) is 0 Å². The molecule has 4 heterocycles. The summed E-state index contributed by atoms with van der Waals surface area (Å²) in [6.45, 7) is 3.96. The molecule has 0 saturated carbocycles. The highest BCUT2D eigenvalue weighted by Crippen LogP contribution is 2.27. The lowest BCUT2D eigenvalue weighted by Gasteiger charge is -2.16. The second kappa shape index (κ2) is 5.71. The van der Waals surface area contributed by atoms with E-state index in [-0.39, 0.29) is 36.5 Å². The number of aromatic amines is 2. The van der Waals surface area contributed by atoms with Crippen molar-refractivity contribution in [2.45, 2.75) is 13.0 Å². The lowest BCUT2D eigenvalue weighted by molar-refractivity contribution is 0.438. The van der Waals surface area contributed by atoms with Crippen molar-refractivity contribution in [1.82, 2.24) is 24.8 Å². The van der Waals surface area contributed by atoms with Crippen LogP contribution in [0.25, 0.3) is 22.1 Å². The molecular formula is C13H17Cl2N5O. The summed E-state index contributed by atoms with van der Waals surface area (Å²) in [4.78, 5) is 22.6. The van der Waals surface area contributed by atoms with E-state index in [0.717, 1.165) is 35.2 Å². The number of hydrogen-bond donors (Lipinski definition) is 3. The number of nitrogens with one attached hydrogen (secondary N) is 3. The number of hydrogen-bond acceptors (Lipinski definition) is 3. The van der Waals surface area contributed by atoms with Crippen molar-refractivity contribution < 1.29 is 0 Å². The number of rotatable bonds is 1. The van der Waals surface area contributed by atoms with Crippen molar-refractivity contribution in [1.29, 1.82) is 0 Å². The van der Waals surface area contributed by atoms with Gasteiger partial charge in [-0.15, -0.1) is 24.8 Å². The van der Waals surface area contributed by atoms with E-state index < -0.39 is 0 Å². The quantitative estimate of drug-likeness (QED) is 0.637. The van der Waals surface area contributed by atoms with Crippen LogP contribution < -0.4 is 11.0 Å². The van der Waals surface area contributed by atoms with Crippen molar-refractivity contribution in [3.63, 3.8) is 0 Å². The Morgan fingerprint density at radius 2 is 2.14 bits per heavy atom. The van der Waals surface area contributed by atoms with E-state index in [1.807, 2.05) is 16.8 Å². The van der Waals surface area contributed by atoms with Gasteiger partial charge in [-0.1, -0.05) is 6.92 Å². The number of fused-ring (bicyclic) bond motifs is 3. The van der Waals surface area contributed by atoms with Gasteiger partial charge in [0.1, 0.15) is 5.65 Å². The van der Waals surface area contributed by atoms with Gasteiger partial charge in [0, 0.05) is 18.1 Å². The Morgan fingerprint density at radius 3 is 2.86 bits per heavy atom. The minimum Gasteiger partial charge on any atom is -0.346 e. The third kappa shape index (κ3) is 2.23. The molecule has 3 N–H and O–H groups in total. The zero-order chi connectivity index (χ0) is 13.0. The minimum absolute atomic E-state index is 0. The third-order valence-corrected chi connectivity index (χ3v) is 4.07. The largest absolute Gasteiger partial charge is 0.346 e. The molecule has 3 aromatic rings. The normalized spacial score (nSPS) is 21.4. The monoisotopic (exact) mass is 329 g/mol. The highest BCUT2D eigenvalue weighted by atomic mass is 35.5. The molecule has 4 rings (SSSR count). The highest BCUT2D eigenvalue weighted by Gasteiger charge is 2.28. The molecule has 8 heteroatoms. The van der Waals surface area contributed by atoms with Crippen molar-refractivity contribution in [3.8, 4) is 0 Å². The molecule has 1 aliphatic rings. The zero-order valence-corrected chi connectivity index (χ0v) is 13.1. The number of halogens is 2. The molecule has 0 radical (unpaired) electrons. The first-order chi connectivity index (χ1) is 9.25. The molecule has 21 heavy (non-hydrogen) atoms. The summed E-state index contributed by atoms with van der Waals surface area (Å²) >= 11 is 0. The molecular weight excluding hydrogens is 313 g/mol. The summed E-state index contributed by atoms with van der Waals surface area (Å²) in [5.41, 5.74) is 2.53. The number of imidazole rings is 1. The molecule has 0 spiro atoms. The molecule has 0 bridgehead atoms. The van der Waals surface area contributed by atoms with E-state index in [2.05, 4.69) is 27.2 Å². The molecule has 114 valence electrons. The van der Waals surface area contributed by atoms with Crippen LogP contribution in [0.15, 0.2) is 23.3 Å². The van der Waals surface area contributed by atoms with Crippen LogP contribution in [0.1, 0.15) is 13.0 Å². The van der Waals surface area contributed by atoms with Gasteiger partial charge in [0.25, 0.3) is 0 Å². The molecule has 0 unspecified atom stereocenters. The molecule has 2 atom stereocenters. The summed E-state index contributed by atoms with van der Waals surface area (Å²) in [5.74, 6) is 0.443. The average molecular weight is 330 g/mol. The van der Waals surface area contributed by atoms with Gasteiger partial charge in [-0.25, -0.2) is 9.78 Å².